The number of para-hydroxylation sites is 1. The molecule has 2 rings (SSSR count). The second-order valence-electron chi connectivity index (χ2n) is 6.46. The van der Waals surface area contributed by atoms with Crippen molar-refractivity contribution in [3.05, 3.63) is 29.8 Å². The Balaban J connectivity index is 1.62. The molecule has 1 aliphatic carbocycles. The molecule has 24 heavy (non-hydrogen) atoms. The first-order valence-corrected chi connectivity index (χ1v) is 8.69. The lowest BCUT2D eigenvalue weighted by molar-refractivity contribution is -0.149. The van der Waals surface area contributed by atoms with Crippen molar-refractivity contribution in [2.24, 2.45) is 5.92 Å². The second kappa shape index (κ2) is 9.30. The molecular weight excluding hydrogens is 306 g/mol. The summed E-state index contributed by atoms with van der Waals surface area (Å²) in [4.78, 5) is 23.6. The second-order valence-corrected chi connectivity index (χ2v) is 6.46. The van der Waals surface area contributed by atoms with Gasteiger partial charge in [0.25, 0.3) is 5.91 Å². The van der Waals surface area contributed by atoms with Gasteiger partial charge in [0.05, 0.1) is 13.0 Å². The smallest absolute Gasteiger partial charge is 0.309 e. The van der Waals surface area contributed by atoms with Crippen LogP contribution in [0.4, 0.5) is 0 Å². The van der Waals surface area contributed by atoms with Gasteiger partial charge in [-0.15, -0.1) is 0 Å². The van der Waals surface area contributed by atoms with Gasteiger partial charge >= 0.3 is 5.97 Å². The zero-order valence-corrected chi connectivity index (χ0v) is 14.5. The van der Waals surface area contributed by atoms with Gasteiger partial charge in [-0.3, -0.25) is 9.59 Å². The highest BCUT2D eigenvalue weighted by Gasteiger charge is 2.23. The van der Waals surface area contributed by atoms with E-state index in [2.05, 4.69) is 12.2 Å². The molecule has 1 aromatic carbocycles. The van der Waals surface area contributed by atoms with Crippen LogP contribution in [-0.4, -0.2) is 31.1 Å². The Morgan fingerprint density at radius 1 is 1.21 bits per heavy atom. The summed E-state index contributed by atoms with van der Waals surface area (Å²) in [5, 5.41) is 2.97. The fourth-order valence-corrected chi connectivity index (χ4v) is 2.96. The summed E-state index contributed by atoms with van der Waals surface area (Å²) >= 11 is 0. The average molecular weight is 333 g/mol. The standard InChI is InChI=1S/C19H27NO4/c1-14-7-3-5-9-16(14)20-18(21)13-24-19(22)11-12-23-17-10-6-4-8-15(17)2/h4,6,8,10,14,16H,3,5,7,9,11-13H2,1-2H3,(H,20,21)/t14-,16+/m1/s1. The molecule has 132 valence electrons. The Morgan fingerprint density at radius 2 is 1.96 bits per heavy atom. The van der Waals surface area contributed by atoms with Crippen LogP contribution in [-0.2, 0) is 14.3 Å². The zero-order valence-electron chi connectivity index (χ0n) is 14.5. The van der Waals surface area contributed by atoms with Crippen LogP contribution in [0, 0.1) is 12.8 Å². The lowest BCUT2D eigenvalue weighted by atomic mass is 9.86. The van der Waals surface area contributed by atoms with E-state index in [1.807, 2.05) is 31.2 Å². The van der Waals surface area contributed by atoms with E-state index in [-0.39, 0.29) is 31.6 Å². The molecule has 0 radical (unpaired) electrons. The molecule has 0 heterocycles. The molecule has 0 aromatic heterocycles. The van der Waals surface area contributed by atoms with Crippen LogP contribution in [0.2, 0.25) is 0 Å². The van der Waals surface area contributed by atoms with Gasteiger partial charge < -0.3 is 14.8 Å². The van der Waals surface area contributed by atoms with Crippen LogP contribution in [0.5, 0.6) is 5.75 Å². The van der Waals surface area contributed by atoms with E-state index in [9.17, 15) is 9.59 Å². The highest BCUT2D eigenvalue weighted by Crippen LogP contribution is 2.23. The van der Waals surface area contributed by atoms with Crippen molar-refractivity contribution in [3.8, 4) is 5.75 Å². The van der Waals surface area contributed by atoms with Crippen LogP contribution in [0.15, 0.2) is 24.3 Å². The van der Waals surface area contributed by atoms with Crippen molar-refractivity contribution in [2.75, 3.05) is 13.2 Å². The molecule has 0 spiro atoms. The minimum Gasteiger partial charge on any atom is -0.493 e. The van der Waals surface area contributed by atoms with Crippen molar-refractivity contribution in [2.45, 2.75) is 52.0 Å². The van der Waals surface area contributed by atoms with Crippen LogP contribution in [0.3, 0.4) is 0 Å². The van der Waals surface area contributed by atoms with Crippen molar-refractivity contribution >= 4 is 11.9 Å². The summed E-state index contributed by atoms with van der Waals surface area (Å²) in [5.74, 6) is 0.604. The maximum absolute atomic E-state index is 11.9. The number of amides is 1. The number of ether oxygens (including phenoxy) is 2. The summed E-state index contributed by atoms with van der Waals surface area (Å²) in [6, 6.07) is 7.83. The highest BCUT2D eigenvalue weighted by molar-refractivity contribution is 5.80. The van der Waals surface area contributed by atoms with E-state index in [0.717, 1.165) is 30.6 Å². The van der Waals surface area contributed by atoms with E-state index in [1.165, 1.54) is 6.42 Å². The number of rotatable bonds is 7. The maximum Gasteiger partial charge on any atom is 0.309 e. The number of esters is 1. The van der Waals surface area contributed by atoms with E-state index in [0.29, 0.717) is 5.92 Å². The van der Waals surface area contributed by atoms with Crippen LogP contribution >= 0.6 is 0 Å². The molecule has 1 N–H and O–H groups in total. The number of carbonyl (C=O) groups is 2. The highest BCUT2D eigenvalue weighted by atomic mass is 16.5. The lowest BCUT2D eigenvalue weighted by Gasteiger charge is -2.29. The fraction of sp³-hybridized carbons (Fsp3) is 0.579. The van der Waals surface area contributed by atoms with E-state index in [4.69, 9.17) is 9.47 Å². The molecule has 1 amide bonds. The Kier molecular flexibility index (Phi) is 7.09. The van der Waals surface area contributed by atoms with Gasteiger partial charge in [0.1, 0.15) is 5.75 Å². The van der Waals surface area contributed by atoms with Gasteiger partial charge in [0, 0.05) is 6.04 Å². The summed E-state index contributed by atoms with van der Waals surface area (Å²) in [6.07, 6.45) is 4.64. The third-order valence-electron chi connectivity index (χ3n) is 4.48. The molecule has 5 nitrogen and oxygen atoms in total. The number of benzene rings is 1. The topological polar surface area (TPSA) is 64.6 Å². The molecule has 5 heteroatoms. The summed E-state index contributed by atoms with van der Waals surface area (Å²) in [6.45, 7) is 4.13. The molecule has 1 fully saturated rings. The van der Waals surface area contributed by atoms with E-state index < -0.39 is 5.97 Å². The van der Waals surface area contributed by atoms with E-state index >= 15 is 0 Å². The van der Waals surface area contributed by atoms with Gasteiger partial charge in [-0.25, -0.2) is 0 Å². The minimum absolute atomic E-state index is 0.126. The molecule has 1 aliphatic rings. The average Bonchev–Trinajstić information content (AvgIpc) is 2.57. The van der Waals surface area contributed by atoms with Gasteiger partial charge in [-0.1, -0.05) is 38.0 Å². The number of nitrogens with one attached hydrogen (secondary N) is 1. The van der Waals surface area contributed by atoms with Crippen molar-refractivity contribution in [3.63, 3.8) is 0 Å². The van der Waals surface area contributed by atoms with Gasteiger partial charge in [0.2, 0.25) is 0 Å². The first kappa shape index (κ1) is 18.3. The molecule has 0 unspecified atom stereocenters. The maximum atomic E-state index is 11.9. The Morgan fingerprint density at radius 3 is 2.71 bits per heavy atom. The summed E-state index contributed by atoms with van der Waals surface area (Å²) < 4.78 is 10.6. The Hall–Kier alpha value is -2.04. The number of hydrogen-bond donors (Lipinski definition) is 1. The molecule has 0 saturated heterocycles. The quantitative estimate of drug-likeness (QED) is 0.779. The number of aryl methyl sites for hydroxylation is 1. The number of hydrogen-bond acceptors (Lipinski definition) is 4. The van der Waals surface area contributed by atoms with Crippen molar-refractivity contribution in [1.29, 1.82) is 0 Å². The predicted octanol–water partition coefficient (Wildman–Crippen LogP) is 3.00. The van der Waals surface area contributed by atoms with E-state index in [1.54, 1.807) is 0 Å². The van der Waals surface area contributed by atoms with Crippen molar-refractivity contribution < 1.29 is 19.1 Å². The van der Waals surface area contributed by atoms with Crippen LogP contribution in [0.25, 0.3) is 0 Å². The Labute approximate surface area is 143 Å². The van der Waals surface area contributed by atoms with Gasteiger partial charge in [-0.05, 0) is 37.3 Å². The first-order valence-electron chi connectivity index (χ1n) is 8.69. The van der Waals surface area contributed by atoms with Gasteiger partial charge in [-0.2, -0.15) is 0 Å². The number of carbonyl (C=O) groups excluding carboxylic acids is 2. The predicted molar refractivity (Wildman–Crippen MR) is 91.8 cm³/mol. The minimum atomic E-state index is -0.421. The first-order chi connectivity index (χ1) is 11.6. The molecule has 0 bridgehead atoms. The largest absolute Gasteiger partial charge is 0.493 e. The molecule has 1 aromatic rings. The summed E-state index contributed by atoms with van der Waals surface area (Å²) in [7, 11) is 0. The van der Waals surface area contributed by atoms with Crippen LogP contribution in [0.1, 0.15) is 44.6 Å². The Bertz CT molecular complexity index is 558. The van der Waals surface area contributed by atoms with Crippen molar-refractivity contribution in [1.82, 2.24) is 5.32 Å². The normalized spacial score (nSPS) is 20.2. The third-order valence-corrected chi connectivity index (χ3v) is 4.48. The molecular formula is C19H27NO4. The lowest BCUT2D eigenvalue weighted by Crippen LogP contribution is -2.42. The molecule has 1 saturated carbocycles. The summed E-state index contributed by atoms with van der Waals surface area (Å²) in [5.41, 5.74) is 1.02. The zero-order chi connectivity index (χ0) is 17.4. The monoisotopic (exact) mass is 333 g/mol. The van der Waals surface area contributed by atoms with Crippen LogP contribution < -0.4 is 10.1 Å². The SMILES string of the molecule is Cc1ccccc1OCCC(=O)OCC(=O)N[C@H]1CCCC[C@H]1C. The van der Waals surface area contributed by atoms with Gasteiger partial charge in [0.15, 0.2) is 6.61 Å². The molecule has 2 atom stereocenters. The fourth-order valence-electron chi connectivity index (χ4n) is 2.96. The molecule has 0 aliphatic heterocycles. The third kappa shape index (κ3) is 5.87.